The van der Waals surface area contributed by atoms with Gasteiger partial charge in [-0.25, -0.2) is 0 Å². The lowest BCUT2D eigenvalue weighted by molar-refractivity contribution is -0.115. The molecule has 4 nitrogen and oxygen atoms in total. The van der Waals surface area contributed by atoms with Crippen molar-refractivity contribution in [1.29, 1.82) is 0 Å². The second-order valence-electron chi connectivity index (χ2n) is 7.24. The molecule has 4 rings (SSSR count). The Morgan fingerprint density at radius 2 is 1.81 bits per heavy atom. The summed E-state index contributed by atoms with van der Waals surface area (Å²) in [4.78, 5) is 18.3. The van der Waals surface area contributed by atoms with Gasteiger partial charge in [-0.2, -0.15) is 0 Å². The molecule has 1 saturated heterocycles. The van der Waals surface area contributed by atoms with E-state index in [1.54, 1.807) is 0 Å². The van der Waals surface area contributed by atoms with Crippen LogP contribution in [-0.2, 0) is 11.2 Å². The number of H-pyrrole nitrogens is 1. The summed E-state index contributed by atoms with van der Waals surface area (Å²) in [6, 6.07) is 14.5. The third-order valence-electron chi connectivity index (χ3n) is 5.23. The minimum Gasteiger partial charge on any atom is -0.372 e. The molecule has 134 valence electrons. The molecule has 1 fully saturated rings. The van der Waals surface area contributed by atoms with Gasteiger partial charge in [-0.3, -0.25) is 4.79 Å². The number of aromatic nitrogens is 1. The number of hydrogen-bond donors (Lipinski definition) is 2. The predicted octanol–water partition coefficient (Wildman–Crippen LogP) is 4.57. The van der Waals surface area contributed by atoms with Crippen molar-refractivity contribution in [2.24, 2.45) is 0 Å². The van der Waals surface area contributed by atoms with Gasteiger partial charge in [0.05, 0.1) is 6.42 Å². The fraction of sp³-hybridized carbons (Fsp3) is 0.318. The van der Waals surface area contributed by atoms with Gasteiger partial charge < -0.3 is 15.2 Å². The molecule has 0 aliphatic carbocycles. The maximum absolute atomic E-state index is 12.6. The molecule has 1 aromatic heterocycles. The average molecular weight is 347 g/mol. The first-order valence-electron chi connectivity index (χ1n) is 9.33. The molecule has 26 heavy (non-hydrogen) atoms. The Kier molecular flexibility index (Phi) is 4.41. The summed E-state index contributed by atoms with van der Waals surface area (Å²) in [5.74, 6) is 0.0180. The lowest BCUT2D eigenvalue weighted by atomic mass is 10.1. The molecule has 0 saturated carbocycles. The monoisotopic (exact) mass is 347 g/mol. The summed E-state index contributed by atoms with van der Waals surface area (Å²) in [5.41, 5.74) is 6.52. The first kappa shape index (κ1) is 16.7. The maximum Gasteiger partial charge on any atom is 0.228 e. The Balaban J connectivity index is 1.47. The Bertz CT molecular complexity index is 934. The largest absolute Gasteiger partial charge is 0.372 e. The molecule has 0 radical (unpaired) electrons. The zero-order valence-corrected chi connectivity index (χ0v) is 15.4. The van der Waals surface area contributed by atoms with Crippen molar-refractivity contribution >= 4 is 28.2 Å². The van der Waals surface area contributed by atoms with Crippen LogP contribution >= 0.6 is 0 Å². The summed E-state index contributed by atoms with van der Waals surface area (Å²) in [6.45, 7) is 6.37. The van der Waals surface area contributed by atoms with E-state index in [0.717, 1.165) is 40.9 Å². The van der Waals surface area contributed by atoms with Crippen molar-refractivity contribution in [3.63, 3.8) is 0 Å². The van der Waals surface area contributed by atoms with E-state index in [1.165, 1.54) is 24.1 Å². The van der Waals surface area contributed by atoms with Crippen LogP contribution in [-0.4, -0.2) is 24.0 Å². The average Bonchev–Trinajstić information content (AvgIpc) is 3.25. The lowest BCUT2D eigenvalue weighted by Crippen LogP contribution is -2.18. The second kappa shape index (κ2) is 6.87. The summed E-state index contributed by atoms with van der Waals surface area (Å²) < 4.78 is 0. The molecule has 2 N–H and O–H groups in total. The number of carbonyl (C=O) groups excluding carboxylic acids is 1. The highest BCUT2D eigenvalue weighted by molar-refractivity contribution is 5.96. The molecule has 0 unspecified atom stereocenters. The van der Waals surface area contributed by atoms with Gasteiger partial charge in [0.1, 0.15) is 0 Å². The van der Waals surface area contributed by atoms with Crippen LogP contribution in [0.3, 0.4) is 0 Å². The molecule has 2 aromatic carbocycles. The van der Waals surface area contributed by atoms with E-state index in [-0.39, 0.29) is 5.91 Å². The quantitative estimate of drug-likeness (QED) is 0.726. The van der Waals surface area contributed by atoms with E-state index >= 15 is 0 Å². The minimum atomic E-state index is 0.0180. The van der Waals surface area contributed by atoms with Crippen LogP contribution < -0.4 is 10.2 Å². The molecule has 0 bridgehead atoms. The highest BCUT2D eigenvalue weighted by Gasteiger charge is 2.14. The van der Waals surface area contributed by atoms with E-state index in [0.29, 0.717) is 6.42 Å². The number of rotatable bonds is 4. The van der Waals surface area contributed by atoms with Gasteiger partial charge >= 0.3 is 0 Å². The van der Waals surface area contributed by atoms with Crippen molar-refractivity contribution in [3.05, 3.63) is 59.3 Å². The van der Waals surface area contributed by atoms with Gasteiger partial charge in [-0.1, -0.05) is 11.6 Å². The number of fused-ring (bicyclic) bond motifs is 1. The maximum atomic E-state index is 12.6. The van der Waals surface area contributed by atoms with Gasteiger partial charge in [-0.05, 0) is 68.7 Å². The number of benzene rings is 2. The lowest BCUT2D eigenvalue weighted by Gasteiger charge is -2.17. The first-order valence-corrected chi connectivity index (χ1v) is 9.33. The van der Waals surface area contributed by atoms with Crippen LogP contribution in [0.1, 0.15) is 29.7 Å². The van der Waals surface area contributed by atoms with Gasteiger partial charge in [0.2, 0.25) is 5.91 Å². The molecule has 1 aliphatic heterocycles. The van der Waals surface area contributed by atoms with Crippen molar-refractivity contribution in [2.75, 3.05) is 23.3 Å². The van der Waals surface area contributed by atoms with Gasteiger partial charge in [-0.15, -0.1) is 0 Å². The van der Waals surface area contributed by atoms with E-state index in [9.17, 15) is 4.79 Å². The topological polar surface area (TPSA) is 48.1 Å². The number of nitrogens with one attached hydrogen (secondary N) is 2. The third-order valence-corrected chi connectivity index (χ3v) is 5.23. The Hall–Kier alpha value is -2.75. The number of hydrogen-bond acceptors (Lipinski definition) is 2. The Labute approximate surface area is 154 Å². The molecular weight excluding hydrogens is 322 g/mol. The number of aromatic amines is 1. The van der Waals surface area contributed by atoms with Crippen LogP contribution in [0.4, 0.5) is 11.4 Å². The Morgan fingerprint density at radius 1 is 1.08 bits per heavy atom. The zero-order valence-electron chi connectivity index (χ0n) is 15.4. The highest BCUT2D eigenvalue weighted by atomic mass is 16.1. The fourth-order valence-electron chi connectivity index (χ4n) is 3.82. The number of anilines is 2. The van der Waals surface area contributed by atoms with E-state index < -0.39 is 0 Å². The summed E-state index contributed by atoms with van der Waals surface area (Å²) >= 11 is 0. The number of nitrogens with zero attached hydrogens (tertiary/aromatic N) is 1. The normalized spacial score (nSPS) is 14.2. The van der Waals surface area contributed by atoms with Crippen LogP contribution in [0.5, 0.6) is 0 Å². The molecule has 1 aliphatic rings. The summed E-state index contributed by atoms with van der Waals surface area (Å²) in [5, 5.41) is 4.17. The van der Waals surface area contributed by atoms with Crippen LogP contribution in [0.25, 0.3) is 10.9 Å². The standard InChI is InChI=1S/C22H25N3O/c1-15-5-10-21-20(13-15)19(16(2)23-21)14-22(26)24-17-6-8-18(9-7-17)25-11-3-4-12-25/h5-10,13,23H,3-4,11-12,14H2,1-2H3,(H,24,26). The molecule has 0 atom stereocenters. The van der Waals surface area contributed by atoms with Crippen molar-refractivity contribution in [3.8, 4) is 0 Å². The van der Waals surface area contributed by atoms with Gasteiger partial charge in [0.15, 0.2) is 0 Å². The Morgan fingerprint density at radius 3 is 2.54 bits per heavy atom. The van der Waals surface area contributed by atoms with Crippen LogP contribution in [0.15, 0.2) is 42.5 Å². The number of amides is 1. The summed E-state index contributed by atoms with van der Waals surface area (Å²) in [6.07, 6.45) is 2.91. The smallest absolute Gasteiger partial charge is 0.228 e. The predicted molar refractivity (Wildman–Crippen MR) is 108 cm³/mol. The first-order chi connectivity index (χ1) is 12.6. The number of carbonyl (C=O) groups is 1. The van der Waals surface area contributed by atoms with E-state index in [2.05, 4.69) is 52.5 Å². The van der Waals surface area contributed by atoms with Crippen molar-refractivity contribution in [2.45, 2.75) is 33.1 Å². The van der Waals surface area contributed by atoms with Crippen LogP contribution in [0.2, 0.25) is 0 Å². The molecule has 2 heterocycles. The molecule has 4 heteroatoms. The minimum absolute atomic E-state index is 0.0180. The highest BCUT2D eigenvalue weighted by Crippen LogP contribution is 2.25. The molecule has 3 aromatic rings. The van der Waals surface area contributed by atoms with Crippen LogP contribution in [0, 0.1) is 13.8 Å². The second-order valence-corrected chi connectivity index (χ2v) is 7.24. The molecule has 1 amide bonds. The third kappa shape index (κ3) is 3.32. The van der Waals surface area contributed by atoms with Crippen molar-refractivity contribution in [1.82, 2.24) is 4.98 Å². The summed E-state index contributed by atoms with van der Waals surface area (Å²) in [7, 11) is 0. The zero-order chi connectivity index (χ0) is 18.1. The van der Waals surface area contributed by atoms with Gasteiger partial charge in [0, 0.05) is 41.1 Å². The molecule has 0 spiro atoms. The van der Waals surface area contributed by atoms with E-state index in [4.69, 9.17) is 0 Å². The molecular formula is C22H25N3O. The van der Waals surface area contributed by atoms with Gasteiger partial charge in [0.25, 0.3) is 0 Å². The van der Waals surface area contributed by atoms with E-state index in [1.807, 2.05) is 19.1 Å². The fourth-order valence-corrected chi connectivity index (χ4v) is 3.82. The van der Waals surface area contributed by atoms with Crippen molar-refractivity contribution < 1.29 is 4.79 Å². The SMILES string of the molecule is Cc1ccc2[nH]c(C)c(CC(=O)Nc3ccc(N4CCCC4)cc3)c2c1. The number of aryl methyl sites for hydroxylation is 2.